The van der Waals surface area contributed by atoms with Gasteiger partial charge in [0.25, 0.3) is 5.91 Å². The Balaban J connectivity index is 2.03. The lowest BCUT2D eigenvalue weighted by Gasteiger charge is -2.07. The molecule has 0 fully saturated rings. The molecule has 0 spiro atoms. The van der Waals surface area contributed by atoms with Gasteiger partial charge in [-0.2, -0.15) is 0 Å². The van der Waals surface area contributed by atoms with E-state index < -0.39 is 11.5 Å². The third-order valence-corrected chi connectivity index (χ3v) is 4.07. The molecule has 0 unspecified atom stereocenters. The molecule has 0 radical (unpaired) electrons. The predicted octanol–water partition coefficient (Wildman–Crippen LogP) is 4.46. The van der Waals surface area contributed by atoms with Crippen LogP contribution in [0.25, 0.3) is 11.0 Å². The van der Waals surface area contributed by atoms with E-state index in [1.54, 1.807) is 36.4 Å². The van der Waals surface area contributed by atoms with Gasteiger partial charge in [-0.3, -0.25) is 4.79 Å². The van der Waals surface area contributed by atoms with Crippen molar-refractivity contribution in [1.82, 2.24) is 0 Å². The third kappa shape index (κ3) is 2.77. The summed E-state index contributed by atoms with van der Waals surface area (Å²) in [7, 11) is 0. The van der Waals surface area contributed by atoms with Crippen LogP contribution in [0.1, 0.15) is 10.4 Å². The van der Waals surface area contributed by atoms with Gasteiger partial charge in [0.15, 0.2) is 5.58 Å². The average Bonchev–Trinajstić information content (AvgIpc) is 2.50. The van der Waals surface area contributed by atoms with Crippen LogP contribution in [0, 0.1) is 0 Å². The number of para-hydroxylation sites is 2. The van der Waals surface area contributed by atoms with Gasteiger partial charge in [0.2, 0.25) is 0 Å². The molecule has 0 saturated carbocycles. The molecule has 1 N–H and O–H groups in total. The van der Waals surface area contributed by atoms with Gasteiger partial charge in [0.05, 0.1) is 10.7 Å². The summed E-state index contributed by atoms with van der Waals surface area (Å²) in [5.74, 6) is -0.539. The number of benzene rings is 2. The zero-order chi connectivity index (χ0) is 15.7. The highest BCUT2D eigenvalue weighted by atomic mass is 79.9. The maximum absolute atomic E-state index is 12.3. The Bertz CT molecular complexity index is 936. The normalized spacial score (nSPS) is 10.6. The molecular weight excluding hydrogens is 370 g/mol. The van der Waals surface area contributed by atoms with E-state index in [1.807, 2.05) is 6.07 Å². The van der Waals surface area contributed by atoms with Crippen molar-refractivity contribution in [2.24, 2.45) is 0 Å². The molecule has 1 aromatic heterocycles. The summed E-state index contributed by atoms with van der Waals surface area (Å²) in [5, 5.41) is 3.58. The number of anilines is 1. The Morgan fingerprint density at radius 1 is 1.14 bits per heavy atom. The Hall–Kier alpha value is -2.11. The Morgan fingerprint density at radius 2 is 1.91 bits per heavy atom. The zero-order valence-corrected chi connectivity index (χ0v) is 13.4. The minimum Gasteiger partial charge on any atom is -0.421 e. The van der Waals surface area contributed by atoms with E-state index >= 15 is 0 Å². The SMILES string of the molecule is O=C(Nc1ccccc1Br)c1cc2cccc(Cl)c2oc1=O. The van der Waals surface area contributed by atoms with Crippen LogP contribution in [-0.4, -0.2) is 5.91 Å². The highest BCUT2D eigenvalue weighted by Gasteiger charge is 2.15. The first kappa shape index (κ1) is 14.8. The van der Waals surface area contributed by atoms with Crippen LogP contribution in [0.4, 0.5) is 5.69 Å². The summed E-state index contributed by atoms with van der Waals surface area (Å²) in [6, 6.07) is 13.7. The minimum atomic E-state index is -0.731. The van der Waals surface area contributed by atoms with Crippen LogP contribution in [0.3, 0.4) is 0 Å². The number of hydrogen-bond acceptors (Lipinski definition) is 3. The third-order valence-electron chi connectivity index (χ3n) is 3.08. The fourth-order valence-corrected chi connectivity index (χ4v) is 2.62. The molecule has 22 heavy (non-hydrogen) atoms. The zero-order valence-electron chi connectivity index (χ0n) is 11.1. The van der Waals surface area contributed by atoms with Crippen molar-refractivity contribution in [3.63, 3.8) is 0 Å². The molecular formula is C16H9BrClNO3. The molecule has 0 bridgehead atoms. The van der Waals surface area contributed by atoms with E-state index in [0.29, 0.717) is 16.1 Å². The first-order chi connectivity index (χ1) is 10.6. The Kier molecular flexibility index (Phi) is 4.00. The van der Waals surface area contributed by atoms with Crippen molar-refractivity contribution in [1.29, 1.82) is 0 Å². The molecule has 0 aliphatic carbocycles. The number of nitrogens with one attached hydrogen (secondary N) is 1. The van der Waals surface area contributed by atoms with E-state index in [4.69, 9.17) is 16.0 Å². The topological polar surface area (TPSA) is 59.3 Å². The van der Waals surface area contributed by atoms with Gasteiger partial charge in [0, 0.05) is 9.86 Å². The second-order valence-electron chi connectivity index (χ2n) is 4.54. The summed E-state index contributed by atoms with van der Waals surface area (Å²) in [4.78, 5) is 24.3. The minimum absolute atomic E-state index is 0.0782. The molecule has 110 valence electrons. The lowest BCUT2D eigenvalue weighted by molar-refractivity contribution is 0.102. The molecule has 6 heteroatoms. The standard InChI is InChI=1S/C16H9BrClNO3/c17-11-5-1-2-7-13(11)19-15(20)10-8-9-4-3-6-12(18)14(9)22-16(10)21/h1-8H,(H,19,20). The molecule has 0 atom stereocenters. The highest BCUT2D eigenvalue weighted by Crippen LogP contribution is 2.24. The first-order valence-corrected chi connectivity index (χ1v) is 7.51. The number of carbonyl (C=O) groups excluding carboxylic acids is 1. The van der Waals surface area contributed by atoms with Crippen molar-refractivity contribution in [2.45, 2.75) is 0 Å². The Labute approximate surface area is 138 Å². The van der Waals surface area contributed by atoms with Crippen molar-refractivity contribution >= 4 is 50.1 Å². The van der Waals surface area contributed by atoms with E-state index in [-0.39, 0.29) is 11.1 Å². The maximum atomic E-state index is 12.3. The molecule has 4 nitrogen and oxygen atoms in total. The molecule has 0 aliphatic heterocycles. The van der Waals surface area contributed by atoms with Crippen molar-refractivity contribution < 1.29 is 9.21 Å². The number of fused-ring (bicyclic) bond motifs is 1. The smallest absolute Gasteiger partial charge is 0.349 e. The molecule has 0 saturated heterocycles. The van der Waals surface area contributed by atoms with Crippen molar-refractivity contribution in [3.05, 3.63) is 74.0 Å². The van der Waals surface area contributed by atoms with Gasteiger partial charge in [-0.15, -0.1) is 0 Å². The largest absolute Gasteiger partial charge is 0.421 e. The van der Waals surface area contributed by atoms with Gasteiger partial charge in [-0.05, 0) is 40.2 Å². The van der Waals surface area contributed by atoms with E-state index in [0.717, 1.165) is 4.47 Å². The summed E-state index contributed by atoms with van der Waals surface area (Å²) < 4.78 is 5.87. The van der Waals surface area contributed by atoms with E-state index in [9.17, 15) is 9.59 Å². The number of halogens is 2. The van der Waals surface area contributed by atoms with Gasteiger partial charge < -0.3 is 9.73 Å². The number of amides is 1. The molecule has 3 rings (SSSR count). The van der Waals surface area contributed by atoms with E-state index in [1.165, 1.54) is 6.07 Å². The molecule has 1 heterocycles. The van der Waals surface area contributed by atoms with Crippen LogP contribution in [0.2, 0.25) is 5.02 Å². The summed E-state index contributed by atoms with van der Waals surface area (Å²) in [6.45, 7) is 0. The lowest BCUT2D eigenvalue weighted by atomic mass is 10.1. The van der Waals surface area contributed by atoms with Crippen LogP contribution >= 0.6 is 27.5 Å². The first-order valence-electron chi connectivity index (χ1n) is 6.34. The summed E-state index contributed by atoms with van der Waals surface area (Å²) >= 11 is 9.30. The number of hydrogen-bond donors (Lipinski definition) is 1. The highest BCUT2D eigenvalue weighted by molar-refractivity contribution is 9.10. The van der Waals surface area contributed by atoms with Crippen LogP contribution in [0.15, 0.2) is 62.2 Å². The van der Waals surface area contributed by atoms with Crippen LogP contribution in [-0.2, 0) is 0 Å². The number of rotatable bonds is 2. The van der Waals surface area contributed by atoms with Gasteiger partial charge in [-0.25, -0.2) is 4.79 Å². The summed E-state index contributed by atoms with van der Waals surface area (Å²) in [5.41, 5.74) is 0.0281. The molecule has 2 aromatic carbocycles. The molecule has 1 amide bonds. The van der Waals surface area contributed by atoms with Crippen molar-refractivity contribution in [3.8, 4) is 0 Å². The fourth-order valence-electron chi connectivity index (χ4n) is 2.02. The van der Waals surface area contributed by atoms with Crippen LogP contribution in [0.5, 0.6) is 0 Å². The van der Waals surface area contributed by atoms with Gasteiger partial charge in [-0.1, -0.05) is 35.9 Å². The summed E-state index contributed by atoms with van der Waals surface area (Å²) in [6.07, 6.45) is 0. The predicted molar refractivity (Wildman–Crippen MR) is 89.6 cm³/mol. The molecule has 3 aromatic rings. The second kappa shape index (κ2) is 5.94. The van der Waals surface area contributed by atoms with Gasteiger partial charge >= 0.3 is 5.63 Å². The average molecular weight is 379 g/mol. The maximum Gasteiger partial charge on any atom is 0.349 e. The van der Waals surface area contributed by atoms with Crippen LogP contribution < -0.4 is 10.9 Å². The van der Waals surface area contributed by atoms with E-state index in [2.05, 4.69) is 21.2 Å². The monoisotopic (exact) mass is 377 g/mol. The Morgan fingerprint density at radius 3 is 2.68 bits per heavy atom. The lowest BCUT2D eigenvalue weighted by Crippen LogP contribution is -2.20. The fraction of sp³-hybridized carbons (Fsp3) is 0. The van der Waals surface area contributed by atoms with Gasteiger partial charge in [0.1, 0.15) is 5.56 Å². The second-order valence-corrected chi connectivity index (χ2v) is 5.80. The molecule has 0 aliphatic rings. The van der Waals surface area contributed by atoms with Crippen molar-refractivity contribution in [2.75, 3.05) is 5.32 Å². The quantitative estimate of drug-likeness (QED) is 0.670. The number of carbonyl (C=O) groups is 1.